The first kappa shape index (κ1) is 12.8. The van der Waals surface area contributed by atoms with Crippen molar-refractivity contribution in [3.05, 3.63) is 16.1 Å². The van der Waals surface area contributed by atoms with Crippen LogP contribution in [0.25, 0.3) is 0 Å². The molecule has 1 aliphatic heterocycles. The maximum atomic E-state index is 12.1. The number of aromatic nitrogens is 1. The van der Waals surface area contributed by atoms with Crippen LogP contribution < -0.4 is 0 Å². The number of nitrogens with zero attached hydrogens (tertiary/aromatic N) is 2. The van der Waals surface area contributed by atoms with Crippen LogP contribution in [0.4, 0.5) is 0 Å². The number of thiazole rings is 1. The highest BCUT2D eigenvalue weighted by atomic mass is 35.5. The lowest BCUT2D eigenvalue weighted by atomic mass is 9.93. The SMILES string of the molecule is CC1(C)CCN(C(=O)Cc2nc(CCl)cs2)C1. The van der Waals surface area contributed by atoms with Crippen LogP contribution in [-0.2, 0) is 17.1 Å². The molecule has 1 aromatic heterocycles. The van der Waals surface area contributed by atoms with Gasteiger partial charge in [-0.25, -0.2) is 4.98 Å². The highest BCUT2D eigenvalue weighted by Crippen LogP contribution is 2.29. The first-order valence-electron chi connectivity index (χ1n) is 5.77. The molecule has 0 radical (unpaired) electrons. The minimum Gasteiger partial charge on any atom is -0.342 e. The van der Waals surface area contributed by atoms with Crippen LogP contribution in [-0.4, -0.2) is 28.9 Å². The molecule has 0 atom stereocenters. The van der Waals surface area contributed by atoms with Crippen LogP contribution in [0.5, 0.6) is 0 Å². The summed E-state index contributed by atoms with van der Waals surface area (Å²) in [5.41, 5.74) is 1.13. The predicted molar refractivity (Wildman–Crippen MR) is 70.4 cm³/mol. The lowest BCUT2D eigenvalue weighted by molar-refractivity contribution is -0.129. The zero-order valence-electron chi connectivity index (χ0n) is 10.2. The van der Waals surface area contributed by atoms with Gasteiger partial charge in [-0.1, -0.05) is 13.8 Å². The van der Waals surface area contributed by atoms with E-state index in [4.69, 9.17) is 11.6 Å². The van der Waals surface area contributed by atoms with Crippen molar-refractivity contribution in [1.29, 1.82) is 0 Å². The first-order chi connectivity index (χ1) is 8.00. The molecule has 0 unspecified atom stereocenters. The number of hydrogen-bond donors (Lipinski definition) is 0. The van der Waals surface area contributed by atoms with Crippen molar-refractivity contribution in [1.82, 2.24) is 9.88 Å². The molecule has 1 saturated heterocycles. The van der Waals surface area contributed by atoms with Gasteiger partial charge in [-0.2, -0.15) is 0 Å². The number of halogens is 1. The number of alkyl halides is 1. The monoisotopic (exact) mass is 272 g/mol. The van der Waals surface area contributed by atoms with E-state index in [9.17, 15) is 4.79 Å². The van der Waals surface area contributed by atoms with Crippen molar-refractivity contribution in [2.45, 2.75) is 32.6 Å². The summed E-state index contributed by atoms with van der Waals surface area (Å²) in [6.45, 7) is 6.14. The number of rotatable bonds is 3. The van der Waals surface area contributed by atoms with E-state index in [2.05, 4.69) is 18.8 Å². The average molecular weight is 273 g/mol. The Balaban J connectivity index is 1.93. The van der Waals surface area contributed by atoms with Crippen molar-refractivity contribution in [2.24, 2.45) is 5.41 Å². The molecule has 0 saturated carbocycles. The Morgan fingerprint density at radius 2 is 2.41 bits per heavy atom. The van der Waals surface area contributed by atoms with E-state index in [-0.39, 0.29) is 11.3 Å². The molecular formula is C12H17ClN2OS. The zero-order valence-corrected chi connectivity index (χ0v) is 11.8. The van der Waals surface area contributed by atoms with Crippen LogP contribution in [0.3, 0.4) is 0 Å². The van der Waals surface area contributed by atoms with Crippen LogP contribution >= 0.6 is 22.9 Å². The lowest BCUT2D eigenvalue weighted by Gasteiger charge is -2.19. The summed E-state index contributed by atoms with van der Waals surface area (Å²) in [5, 5.41) is 2.79. The van der Waals surface area contributed by atoms with Gasteiger partial charge in [-0.05, 0) is 11.8 Å². The van der Waals surface area contributed by atoms with E-state index in [1.54, 1.807) is 0 Å². The molecule has 17 heavy (non-hydrogen) atoms. The van der Waals surface area contributed by atoms with Crippen molar-refractivity contribution >= 4 is 28.8 Å². The van der Waals surface area contributed by atoms with E-state index in [0.717, 1.165) is 30.2 Å². The van der Waals surface area contributed by atoms with E-state index in [1.807, 2.05) is 10.3 Å². The fraction of sp³-hybridized carbons (Fsp3) is 0.667. The molecular weight excluding hydrogens is 256 g/mol. The third kappa shape index (κ3) is 3.19. The third-order valence-electron chi connectivity index (χ3n) is 3.07. The first-order valence-corrected chi connectivity index (χ1v) is 7.19. The summed E-state index contributed by atoms with van der Waals surface area (Å²) in [6.07, 6.45) is 1.50. The highest BCUT2D eigenvalue weighted by molar-refractivity contribution is 7.09. The van der Waals surface area contributed by atoms with Gasteiger partial charge >= 0.3 is 0 Å². The van der Waals surface area contributed by atoms with Gasteiger partial charge in [0, 0.05) is 18.5 Å². The molecule has 0 aliphatic carbocycles. The molecule has 3 nitrogen and oxygen atoms in total. The molecule has 1 fully saturated rings. The van der Waals surface area contributed by atoms with E-state index in [1.165, 1.54) is 11.3 Å². The Morgan fingerprint density at radius 3 is 2.94 bits per heavy atom. The topological polar surface area (TPSA) is 33.2 Å². The van der Waals surface area contributed by atoms with E-state index in [0.29, 0.717) is 12.3 Å². The Morgan fingerprint density at radius 1 is 1.65 bits per heavy atom. The van der Waals surface area contributed by atoms with E-state index < -0.39 is 0 Å². The summed E-state index contributed by atoms with van der Waals surface area (Å²) in [4.78, 5) is 18.3. The van der Waals surface area contributed by atoms with Crippen molar-refractivity contribution < 1.29 is 4.79 Å². The second kappa shape index (κ2) is 4.94. The molecule has 94 valence electrons. The molecule has 0 bridgehead atoms. The Labute approximate surface area is 111 Å². The van der Waals surface area contributed by atoms with Crippen LogP contribution in [0.2, 0.25) is 0 Å². The van der Waals surface area contributed by atoms with Crippen molar-refractivity contribution in [3.63, 3.8) is 0 Å². The number of carbonyl (C=O) groups is 1. The van der Waals surface area contributed by atoms with Crippen molar-refractivity contribution in [3.8, 4) is 0 Å². The molecule has 1 aromatic rings. The quantitative estimate of drug-likeness (QED) is 0.793. The highest BCUT2D eigenvalue weighted by Gasteiger charge is 2.32. The number of hydrogen-bond acceptors (Lipinski definition) is 3. The van der Waals surface area contributed by atoms with Gasteiger partial charge in [0.05, 0.1) is 18.0 Å². The Kier molecular flexibility index (Phi) is 3.73. The summed E-state index contributed by atoms with van der Waals surface area (Å²) >= 11 is 7.21. The van der Waals surface area contributed by atoms with Gasteiger partial charge in [0.15, 0.2) is 0 Å². The Bertz CT molecular complexity index is 416. The molecule has 1 amide bonds. The van der Waals surface area contributed by atoms with Gasteiger partial charge in [0.25, 0.3) is 0 Å². The number of likely N-dealkylation sites (tertiary alicyclic amines) is 1. The summed E-state index contributed by atoms with van der Waals surface area (Å²) in [7, 11) is 0. The maximum Gasteiger partial charge on any atom is 0.229 e. The largest absolute Gasteiger partial charge is 0.342 e. The fourth-order valence-electron chi connectivity index (χ4n) is 2.06. The van der Waals surface area contributed by atoms with Crippen LogP contribution in [0.15, 0.2) is 5.38 Å². The smallest absolute Gasteiger partial charge is 0.229 e. The molecule has 1 aliphatic rings. The Hall–Kier alpha value is -0.610. The average Bonchev–Trinajstić information content (AvgIpc) is 2.84. The second-order valence-corrected chi connectivity index (χ2v) is 6.48. The van der Waals surface area contributed by atoms with Crippen molar-refractivity contribution in [2.75, 3.05) is 13.1 Å². The van der Waals surface area contributed by atoms with Gasteiger partial charge in [-0.3, -0.25) is 4.79 Å². The zero-order chi connectivity index (χ0) is 12.5. The van der Waals surface area contributed by atoms with E-state index >= 15 is 0 Å². The number of amides is 1. The van der Waals surface area contributed by atoms with Crippen LogP contribution in [0, 0.1) is 5.41 Å². The predicted octanol–water partition coefficient (Wildman–Crippen LogP) is 2.68. The van der Waals surface area contributed by atoms with Gasteiger partial charge in [0.2, 0.25) is 5.91 Å². The second-order valence-electron chi connectivity index (χ2n) is 5.27. The van der Waals surface area contributed by atoms with Gasteiger partial charge in [-0.15, -0.1) is 22.9 Å². The minimum absolute atomic E-state index is 0.186. The third-order valence-corrected chi connectivity index (χ3v) is 4.24. The molecule has 0 N–H and O–H groups in total. The van der Waals surface area contributed by atoms with Gasteiger partial charge in [0.1, 0.15) is 5.01 Å². The molecule has 2 rings (SSSR count). The standard InChI is InChI=1S/C12H17ClN2OS/c1-12(2)3-4-15(8-12)11(16)5-10-14-9(6-13)7-17-10/h7H,3-6,8H2,1-2H3. The van der Waals surface area contributed by atoms with Crippen LogP contribution in [0.1, 0.15) is 31.0 Å². The molecule has 0 spiro atoms. The number of carbonyl (C=O) groups excluding carboxylic acids is 1. The molecule has 0 aromatic carbocycles. The van der Waals surface area contributed by atoms with Gasteiger partial charge < -0.3 is 4.90 Å². The molecule has 5 heteroatoms. The maximum absolute atomic E-state index is 12.1. The minimum atomic E-state index is 0.186. The fourth-order valence-corrected chi connectivity index (χ4v) is 3.07. The normalized spacial score (nSPS) is 18.6. The molecule has 2 heterocycles. The lowest BCUT2D eigenvalue weighted by Crippen LogP contribution is -2.31. The summed E-state index contributed by atoms with van der Waals surface area (Å²) in [6, 6.07) is 0. The summed E-state index contributed by atoms with van der Waals surface area (Å²) in [5.74, 6) is 0.604. The summed E-state index contributed by atoms with van der Waals surface area (Å²) < 4.78 is 0.